The molecule has 32 heavy (non-hydrogen) atoms. The minimum Gasteiger partial charge on any atom is -0.497 e. The first-order valence-corrected chi connectivity index (χ1v) is 10.4. The summed E-state index contributed by atoms with van der Waals surface area (Å²) in [5, 5.41) is 0. The first-order valence-electron chi connectivity index (χ1n) is 10.4. The lowest BCUT2D eigenvalue weighted by Gasteiger charge is -2.19. The highest BCUT2D eigenvalue weighted by molar-refractivity contribution is 6.13. The number of Topliss-reactive ketones (excluding diaryl/α,β-unsaturated/α-hetero) is 1. The van der Waals surface area contributed by atoms with Crippen LogP contribution in [-0.4, -0.2) is 26.0 Å². The van der Waals surface area contributed by atoms with Crippen LogP contribution in [0.4, 0.5) is 0 Å². The number of para-hydroxylation sites is 1. The summed E-state index contributed by atoms with van der Waals surface area (Å²) in [6.07, 6.45) is 3.38. The van der Waals surface area contributed by atoms with Gasteiger partial charge in [0.15, 0.2) is 5.78 Å². The maximum Gasteiger partial charge on any atom is 0.337 e. The number of benzene rings is 3. The van der Waals surface area contributed by atoms with Gasteiger partial charge in [0, 0.05) is 16.7 Å². The molecule has 0 spiro atoms. The zero-order valence-electron chi connectivity index (χ0n) is 18.1. The van der Waals surface area contributed by atoms with Crippen LogP contribution in [-0.2, 0) is 17.8 Å². The van der Waals surface area contributed by atoms with Gasteiger partial charge in [0.2, 0.25) is 0 Å². The molecule has 0 amide bonds. The number of ether oxygens (including phenoxy) is 3. The number of fused-ring (bicyclic) bond motifs is 1. The van der Waals surface area contributed by atoms with Gasteiger partial charge in [-0.05, 0) is 66.4 Å². The van der Waals surface area contributed by atoms with Gasteiger partial charge < -0.3 is 14.2 Å². The van der Waals surface area contributed by atoms with Crippen LogP contribution in [0.2, 0.25) is 0 Å². The number of aryl methyl sites for hydroxylation is 1. The number of allylic oxidation sites excluding steroid dienone is 1. The fourth-order valence-corrected chi connectivity index (χ4v) is 3.75. The highest BCUT2D eigenvalue weighted by atomic mass is 16.5. The number of ketones is 1. The Morgan fingerprint density at radius 2 is 1.75 bits per heavy atom. The molecule has 0 aliphatic heterocycles. The van der Waals surface area contributed by atoms with Gasteiger partial charge in [-0.15, -0.1) is 0 Å². The van der Waals surface area contributed by atoms with Gasteiger partial charge in [-0.2, -0.15) is 0 Å². The van der Waals surface area contributed by atoms with Crippen LogP contribution in [0, 0.1) is 0 Å². The van der Waals surface area contributed by atoms with Crippen molar-refractivity contribution < 1.29 is 23.8 Å². The van der Waals surface area contributed by atoms with Crippen molar-refractivity contribution >= 4 is 17.8 Å². The maximum absolute atomic E-state index is 13.0. The van der Waals surface area contributed by atoms with Crippen LogP contribution in [0.25, 0.3) is 6.08 Å². The number of esters is 1. The Bertz CT molecular complexity index is 1170. The molecular formula is C27H24O5. The molecule has 0 N–H and O–H groups in total. The Labute approximate surface area is 187 Å². The number of rotatable bonds is 6. The van der Waals surface area contributed by atoms with Crippen molar-refractivity contribution in [2.75, 3.05) is 14.2 Å². The molecule has 0 fully saturated rings. The summed E-state index contributed by atoms with van der Waals surface area (Å²) in [7, 11) is 2.99. The third-order valence-electron chi connectivity index (χ3n) is 5.53. The highest BCUT2D eigenvalue weighted by Gasteiger charge is 2.22. The lowest BCUT2D eigenvalue weighted by molar-refractivity contribution is 0.0600. The van der Waals surface area contributed by atoms with E-state index >= 15 is 0 Å². The van der Waals surface area contributed by atoms with Crippen LogP contribution >= 0.6 is 0 Å². The summed E-state index contributed by atoms with van der Waals surface area (Å²) >= 11 is 0. The first-order chi connectivity index (χ1) is 15.6. The lowest BCUT2D eigenvalue weighted by Crippen LogP contribution is -2.14. The summed E-state index contributed by atoms with van der Waals surface area (Å²) in [6, 6.07) is 20.4. The molecular weight excluding hydrogens is 404 g/mol. The third kappa shape index (κ3) is 4.57. The summed E-state index contributed by atoms with van der Waals surface area (Å²) in [4.78, 5) is 24.6. The molecule has 0 radical (unpaired) electrons. The van der Waals surface area contributed by atoms with Crippen molar-refractivity contribution in [2.45, 2.75) is 19.4 Å². The lowest BCUT2D eigenvalue weighted by atomic mass is 9.86. The SMILES string of the molecule is COC(=O)c1ccc(COc2ccccc2C=C2CCc3cc(OC)ccc3C2=O)cc1. The molecule has 5 nitrogen and oxygen atoms in total. The van der Waals surface area contributed by atoms with Gasteiger partial charge in [-0.25, -0.2) is 4.79 Å². The summed E-state index contributed by atoms with van der Waals surface area (Å²) < 4.78 is 16.0. The highest BCUT2D eigenvalue weighted by Crippen LogP contribution is 2.31. The van der Waals surface area contributed by atoms with Crippen molar-refractivity contribution in [3.63, 3.8) is 0 Å². The van der Waals surface area contributed by atoms with Crippen molar-refractivity contribution in [2.24, 2.45) is 0 Å². The number of methoxy groups -OCH3 is 2. The molecule has 0 aromatic heterocycles. The Hall–Kier alpha value is -3.86. The Kier molecular flexibility index (Phi) is 6.36. The summed E-state index contributed by atoms with van der Waals surface area (Å²) in [6.45, 7) is 0.345. The van der Waals surface area contributed by atoms with Crippen molar-refractivity contribution in [3.05, 3.63) is 100 Å². The van der Waals surface area contributed by atoms with Crippen LogP contribution in [0.3, 0.4) is 0 Å². The number of carbonyl (C=O) groups excluding carboxylic acids is 2. The van der Waals surface area contributed by atoms with Gasteiger partial charge in [-0.3, -0.25) is 4.79 Å². The second kappa shape index (κ2) is 9.52. The molecule has 0 atom stereocenters. The van der Waals surface area contributed by atoms with Crippen molar-refractivity contribution in [1.82, 2.24) is 0 Å². The summed E-state index contributed by atoms with van der Waals surface area (Å²) in [5.74, 6) is 1.14. The van der Waals surface area contributed by atoms with E-state index in [0.717, 1.165) is 40.0 Å². The molecule has 0 unspecified atom stereocenters. The topological polar surface area (TPSA) is 61.8 Å². The Morgan fingerprint density at radius 1 is 0.969 bits per heavy atom. The van der Waals surface area contributed by atoms with Crippen LogP contribution < -0.4 is 9.47 Å². The van der Waals surface area contributed by atoms with E-state index < -0.39 is 0 Å². The van der Waals surface area contributed by atoms with E-state index in [9.17, 15) is 9.59 Å². The molecule has 3 aromatic carbocycles. The molecule has 0 saturated carbocycles. The average Bonchev–Trinajstić information content (AvgIpc) is 2.84. The minimum absolute atomic E-state index is 0.0436. The fourth-order valence-electron chi connectivity index (χ4n) is 3.75. The zero-order chi connectivity index (χ0) is 22.5. The molecule has 0 saturated heterocycles. The van der Waals surface area contributed by atoms with Gasteiger partial charge >= 0.3 is 5.97 Å². The average molecular weight is 428 g/mol. The predicted octanol–water partition coefficient (Wildman–Crippen LogP) is 5.27. The van der Waals surface area contributed by atoms with Gasteiger partial charge in [0.25, 0.3) is 0 Å². The number of carbonyl (C=O) groups is 2. The monoisotopic (exact) mass is 428 g/mol. The molecule has 1 aliphatic rings. The molecule has 162 valence electrons. The standard InChI is InChI=1S/C27H24O5/c1-30-23-13-14-24-20(16-23)11-12-22(26(24)28)15-21-5-3-4-6-25(21)32-17-18-7-9-19(10-8-18)27(29)31-2/h3-10,13-16H,11-12,17H2,1-2H3. The number of hydrogen-bond acceptors (Lipinski definition) is 5. The van der Waals surface area contributed by atoms with Gasteiger partial charge in [0.1, 0.15) is 18.1 Å². The second-order valence-electron chi connectivity index (χ2n) is 7.54. The predicted molar refractivity (Wildman–Crippen MR) is 122 cm³/mol. The van der Waals surface area contributed by atoms with Crippen LogP contribution in [0.15, 0.2) is 72.3 Å². The number of hydrogen-bond donors (Lipinski definition) is 0. The van der Waals surface area contributed by atoms with Crippen LogP contribution in [0.5, 0.6) is 11.5 Å². The maximum atomic E-state index is 13.0. The van der Waals surface area contributed by atoms with E-state index in [0.29, 0.717) is 24.3 Å². The van der Waals surface area contributed by atoms with E-state index in [2.05, 4.69) is 0 Å². The molecule has 0 bridgehead atoms. The van der Waals surface area contributed by atoms with E-state index in [-0.39, 0.29) is 11.8 Å². The van der Waals surface area contributed by atoms with E-state index in [4.69, 9.17) is 14.2 Å². The van der Waals surface area contributed by atoms with E-state index in [1.165, 1.54) is 7.11 Å². The Balaban J connectivity index is 1.51. The van der Waals surface area contributed by atoms with Crippen molar-refractivity contribution in [1.29, 1.82) is 0 Å². The van der Waals surface area contributed by atoms with Crippen LogP contribution in [0.1, 0.15) is 43.8 Å². The summed E-state index contributed by atoms with van der Waals surface area (Å²) in [5.41, 5.74) is 4.80. The molecule has 4 rings (SSSR count). The smallest absolute Gasteiger partial charge is 0.337 e. The van der Waals surface area contributed by atoms with E-state index in [1.54, 1.807) is 19.2 Å². The van der Waals surface area contributed by atoms with E-state index in [1.807, 2.05) is 60.7 Å². The fraction of sp³-hybridized carbons (Fsp3) is 0.185. The molecule has 3 aromatic rings. The third-order valence-corrected chi connectivity index (χ3v) is 5.53. The van der Waals surface area contributed by atoms with Gasteiger partial charge in [-0.1, -0.05) is 30.3 Å². The Morgan fingerprint density at radius 3 is 2.50 bits per heavy atom. The second-order valence-corrected chi connectivity index (χ2v) is 7.54. The largest absolute Gasteiger partial charge is 0.497 e. The molecule has 5 heteroatoms. The zero-order valence-corrected chi connectivity index (χ0v) is 18.1. The first kappa shape index (κ1) is 21.4. The quantitative estimate of drug-likeness (QED) is 0.395. The van der Waals surface area contributed by atoms with Crippen molar-refractivity contribution in [3.8, 4) is 11.5 Å². The normalized spacial score (nSPS) is 14.1. The van der Waals surface area contributed by atoms with Gasteiger partial charge in [0.05, 0.1) is 19.8 Å². The molecule has 0 heterocycles. The minimum atomic E-state index is -0.369. The molecule has 1 aliphatic carbocycles.